The quantitative estimate of drug-likeness (QED) is 0.512. The zero-order valence-electron chi connectivity index (χ0n) is 11.0. The lowest BCUT2D eigenvalue weighted by molar-refractivity contribution is 0.303. The van der Waals surface area contributed by atoms with Crippen LogP contribution in [0.5, 0.6) is 0 Å². The molecule has 1 heterocycles. The summed E-state index contributed by atoms with van der Waals surface area (Å²) in [5, 5.41) is 0. The largest absolute Gasteiger partial charge is 0.366 e. The first kappa shape index (κ1) is 11.9. The van der Waals surface area contributed by atoms with Gasteiger partial charge in [0, 0.05) is 0 Å². The van der Waals surface area contributed by atoms with Crippen molar-refractivity contribution in [3.05, 3.63) is 23.3 Å². The van der Waals surface area contributed by atoms with Crippen LogP contribution in [0.15, 0.2) is 23.3 Å². The monoisotopic (exact) mass is 220 g/mol. The third-order valence-electron chi connectivity index (χ3n) is 4.13. The first-order chi connectivity index (χ1) is 7.51. The van der Waals surface area contributed by atoms with Crippen LogP contribution in [0.1, 0.15) is 53.4 Å². The summed E-state index contributed by atoms with van der Waals surface area (Å²) in [6.07, 6.45) is 10.1. The summed E-state index contributed by atoms with van der Waals surface area (Å²) in [5.74, 6) is 0.770. The molecule has 0 aromatic heterocycles. The Balaban J connectivity index is 1.86. The molecule has 1 aliphatic heterocycles. The number of hydrogen-bond acceptors (Lipinski definition) is 1. The van der Waals surface area contributed by atoms with Gasteiger partial charge >= 0.3 is 0 Å². The van der Waals surface area contributed by atoms with Gasteiger partial charge in [-0.15, -0.1) is 0 Å². The second kappa shape index (κ2) is 4.37. The fraction of sp³-hybridized carbons (Fsp3) is 0.733. The van der Waals surface area contributed by atoms with Gasteiger partial charge in [-0.3, -0.25) is 0 Å². The molecule has 1 saturated heterocycles. The SMILES string of the molecule is CC(C)=CCC=C(C)C1CC[C@@]2(C)O[C@@H]2C1. The van der Waals surface area contributed by atoms with Gasteiger partial charge in [0.05, 0.1) is 11.7 Å². The van der Waals surface area contributed by atoms with Crippen LogP contribution in [-0.2, 0) is 4.74 Å². The minimum atomic E-state index is 0.261. The van der Waals surface area contributed by atoms with E-state index < -0.39 is 0 Å². The van der Waals surface area contributed by atoms with E-state index in [1.807, 2.05) is 0 Å². The topological polar surface area (TPSA) is 12.5 Å². The number of rotatable bonds is 3. The van der Waals surface area contributed by atoms with Crippen molar-refractivity contribution < 1.29 is 4.74 Å². The number of ether oxygens (including phenoxy) is 1. The van der Waals surface area contributed by atoms with E-state index in [0.717, 1.165) is 12.3 Å². The Kier molecular flexibility index (Phi) is 3.25. The van der Waals surface area contributed by atoms with Crippen molar-refractivity contribution in [3.63, 3.8) is 0 Å². The van der Waals surface area contributed by atoms with E-state index in [9.17, 15) is 0 Å². The molecule has 2 fully saturated rings. The molecule has 1 unspecified atom stereocenters. The van der Waals surface area contributed by atoms with Crippen molar-refractivity contribution in [2.45, 2.75) is 65.1 Å². The van der Waals surface area contributed by atoms with Gasteiger partial charge in [-0.2, -0.15) is 0 Å². The predicted molar refractivity (Wildman–Crippen MR) is 68.4 cm³/mol. The van der Waals surface area contributed by atoms with E-state index in [1.54, 1.807) is 5.57 Å². The Morgan fingerprint density at radius 1 is 1.31 bits per heavy atom. The second-order valence-corrected chi connectivity index (χ2v) is 5.86. The first-order valence-electron chi connectivity index (χ1n) is 6.49. The van der Waals surface area contributed by atoms with E-state index in [1.165, 1.54) is 24.8 Å². The van der Waals surface area contributed by atoms with Gasteiger partial charge in [-0.05, 0) is 59.3 Å². The third kappa shape index (κ3) is 2.57. The Hall–Kier alpha value is -0.560. The Morgan fingerprint density at radius 3 is 2.69 bits per heavy atom. The molecule has 1 heteroatoms. The fourth-order valence-corrected chi connectivity index (χ4v) is 2.71. The van der Waals surface area contributed by atoms with Gasteiger partial charge in [0.1, 0.15) is 0 Å². The van der Waals surface area contributed by atoms with Crippen molar-refractivity contribution in [1.82, 2.24) is 0 Å². The van der Waals surface area contributed by atoms with E-state index in [2.05, 4.69) is 39.8 Å². The van der Waals surface area contributed by atoms with E-state index in [0.29, 0.717) is 6.10 Å². The summed E-state index contributed by atoms with van der Waals surface area (Å²) in [6.45, 7) is 8.87. The zero-order chi connectivity index (χ0) is 11.8. The normalized spacial score (nSPS) is 37.9. The highest BCUT2D eigenvalue weighted by atomic mass is 16.6. The standard InChI is InChI=1S/C15H24O/c1-11(2)6-5-7-12(3)13-8-9-15(4)14(10-13)16-15/h6-7,13-14H,5,8-10H2,1-4H3/t13?,14-,15-/m1/s1. The van der Waals surface area contributed by atoms with Crippen LogP contribution in [0.3, 0.4) is 0 Å². The maximum Gasteiger partial charge on any atom is 0.0920 e. The van der Waals surface area contributed by atoms with Gasteiger partial charge in [0.25, 0.3) is 0 Å². The molecule has 2 rings (SSSR count). The molecule has 0 bridgehead atoms. The summed E-state index contributed by atoms with van der Waals surface area (Å²) in [7, 11) is 0. The van der Waals surface area contributed by atoms with Crippen LogP contribution >= 0.6 is 0 Å². The lowest BCUT2D eigenvalue weighted by Crippen LogP contribution is -2.21. The van der Waals surface area contributed by atoms with Crippen molar-refractivity contribution in [3.8, 4) is 0 Å². The number of hydrogen-bond donors (Lipinski definition) is 0. The third-order valence-corrected chi connectivity index (χ3v) is 4.13. The van der Waals surface area contributed by atoms with Crippen LogP contribution in [0.4, 0.5) is 0 Å². The molecule has 0 N–H and O–H groups in total. The Labute approximate surface area is 99.6 Å². The number of epoxide rings is 1. The summed E-state index contributed by atoms with van der Waals surface area (Å²) in [4.78, 5) is 0. The van der Waals surface area contributed by atoms with Crippen molar-refractivity contribution >= 4 is 0 Å². The van der Waals surface area contributed by atoms with Gasteiger partial charge in [0.2, 0.25) is 0 Å². The number of fused-ring (bicyclic) bond motifs is 1. The highest BCUT2D eigenvalue weighted by molar-refractivity contribution is 5.14. The molecule has 3 atom stereocenters. The summed E-state index contributed by atoms with van der Waals surface area (Å²) < 4.78 is 5.75. The van der Waals surface area contributed by atoms with Crippen molar-refractivity contribution in [1.29, 1.82) is 0 Å². The smallest absolute Gasteiger partial charge is 0.0920 e. The molecule has 16 heavy (non-hydrogen) atoms. The molecule has 0 aromatic carbocycles. The number of allylic oxidation sites excluding steroid dienone is 4. The van der Waals surface area contributed by atoms with Crippen molar-refractivity contribution in [2.75, 3.05) is 0 Å². The molecule has 2 aliphatic rings. The molecule has 0 spiro atoms. The van der Waals surface area contributed by atoms with Gasteiger partial charge in [0.15, 0.2) is 0 Å². The fourth-order valence-electron chi connectivity index (χ4n) is 2.71. The predicted octanol–water partition coefficient (Wildman–Crippen LogP) is 4.25. The highest BCUT2D eigenvalue weighted by Gasteiger charge is 2.55. The van der Waals surface area contributed by atoms with Gasteiger partial charge in [-0.25, -0.2) is 0 Å². The lowest BCUT2D eigenvalue weighted by atomic mass is 9.79. The van der Waals surface area contributed by atoms with Gasteiger partial charge < -0.3 is 4.74 Å². The lowest BCUT2D eigenvalue weighted by Gasteiger charge is -2.23. The van der Waals surface area contributed by atoms with Crippen LogP contribution in [0, 0.1) is 5.92 Å². The molecular weight excluding hydrogens is 196 g/mol. The molecule has 1 saturated carbocycles. The first-order valence-corrected chi connectivity index (χ1v) is 6.49. The second-order valence-electron chi connectivity index (χ2n) is 5.86. The average molecular weight is 220 g/mol. The van der Waals surface area contributed by atoms with Gasteiger partial charge in [-0.1, -0.05) is 23.3 Å². The van der Waals surface area contributed by atoms with E-state index >= 15 is 0 Å². The maximum atomic E-state index is 5.75. The Morgan fingerprint density at radius 2 is 2.06 bits per heavy atom. The average Bonchev–Trinajstić information content (AvgIpc) is 2.87. The minimum Gasteiger partial charge on any atom is -0.366 e. The molecule has 0 radical (unpaired) electrons. The van der Waals surface area contributed by atoms with Crippen LogP contribution in [0.25, 0.3) is 0 Å². The minimum absolute atomic E-state index is 0.261. The molecular formula is C15H24O. The van der Waals surface area contributed by atoms with Crippen molar-refractivity contribution in [2.24, 2.45) is 5.92 Å². The highest BCUT2D eigenvalue weighted by Crippen LogP contribution is 2.50. The summed E-state index contributed by atoms with van der Waals surface area (Å²) >= 11 is 0. The van der Waals surface area contributed by atoms with Crippen LogP contribution in [-0.4, -0.2) is 11.7 Å². The molecule has 90 valence electrons. The summed E-state index contributed by atoms with van der Waals surface area (Å²) in [6, 6.07) is 0. The van der Waals surface area contributed by atoms with Crippen LogP contribution < -0.4 is 0 Å². The molecule has 1 nitrogen and oxygen atoms in total. The van der Waals surface area contributed by atoms with E-state index in [-0.39, 0.29) is 5.60 Å². The molecule has 1 aliphatic carbocycles. The van der Waals surface area contributed by atoms with E-state index in [4.69, 9.17) is 4.74 Å². The maximum absolute atomic E-state index is 5.75. The Bertz CT molecular complexity index is 322. The molecule has 0 aromatic rings. The zero-order valence-corrected chi connectivity index (χ0v) is 11.0. The van der Waals surface area contributed by atoms with Crippen LogP contribution in [0.2, 0.25) is 0 Å². The molecule has 0 amide bonds. The summed E-state index contributed by atoms with van der Waals surface area (Å²) in [5.41, 5.74) is 3.23.